The molecule has 2 aromatic rings. The minimum absolute atomic E-state index is 0.0200. The van der Waals surface area contributed by atoms with E-state index in [2.05, 4.69) is 10.6 Å². The molecule has 0 saturated carbocycles. The third kappa shape index (κ3) is 4.31. The van der Waals surface area contributed by atoms with Crippen molar-refractivity contribution in [2.75, 3.05) is 24.2 Å². The monoisotopic (exact) mass is 431 g/mol. The number of benzene rings is 2. The lowest BCUT2D eigenvalue weighted by Crippen LogP contribution is -2.36. The summed E-state index contributed by atoms with van der Waals surface area (Å²) < 4.78 is 32.7. The lowest BCUT2D eigenvalue weighted by Gasteiger charge is -2.25. The van der Waals surface area contributed by atoms with Gasteiger partial charge in [0, 0.05) is 18.8 Å². The highest BCUT2D eigenvalue weighted by Crippen LogP contribution is 2.35. The highest BCUT2D eigenvalue weighted by atomic mass is 32.2. The van der Waals surface area contributed by atoms with Crippen LogP contribution in [0.3, 0.4) is 0 Å². The van der Waals surface area contributed by atoms with Gasteiger partial charge in [0.05, 0.1) is 17.1 Å². The number of sulfonamides is 1. The highest BCUT2D eigenvalue weighted by molar-refractivity contribution is 7.89. The highest BCUT2D eigenvalue weighted by Gasteiger charge is 2.30. The lowest BCUT2D eigenvalue weighted by molar-refractivity contribution is -0.122. The fraction of sp³-hybridized carbons (Fsp3) is 0.333. The quantitative estimate of drug-likeness (QED) is 0.757. The van der Waals surface area contributed by atoms with Crippen molar-refractivity contribution < 1.29 is 22.7 Å². The predicted octanol–water partition coefficient (Wildman–Crippen LogP) is 2.59. The number of fused-ring (bicyclic) bond motifs is 1. The van der Waals surface area contributed by atoms with Crippen molar-refractivity contribution in [1.82, 2.24) is 4.31 Å². The Morgan fingerprint density at radius 2 is 1.87 bits per heavy atom. The van der Waals surface area contributed by atoms with E-state index in [0.29, 0.717) is 16.9 Å². The van der Waals surface area contributed by atoms with Gasteiger partial charge in [0.25, 0.3) is 5.91 Å². The fourth-order valence-electron chi connectivity index (χ4n) is 3.14. The van der Waals surface area contributed by atoms with Crippen LogP contribution in [0, 0.1) is 20.8 Å². The summed E-state index contributed by atoms with van der Waals surface area (Å²) in [5, 5.41) is 5.45. The van der Waals surface area contributed by atoms with Crippen molar-refractivity contribution in [3.8, 4) is 5.75 Å². The molecule has 0 fully saturated rings. The molecule has 0 aliphatic carbocycles. The third-order valence-corrected chi connectivity index (χ3v) is 6.88. The van der Waals surface area contributed by atoms with E-state index < -0.39 is 22.0 Å². The van der Waals surface area contributed by atoms with E-state index in [1.165, 1.54) is 13.1 Å². The Morgan fingerprint density at radius 3 is 2.57 bits per heavy atom. The van der Waals surface area contributed by atoms with Crippen molar-refractivity contribution in [3.63, 3.8) is 0 Å². The number of hydrogen-bond acceptors (Lipinski definition) is 5. The Labute approximate surface area is 176 Å². The van der Waals surface area contributed by atoms with Crippen LogP contribution < -0.4 is 15.4 Å². The minimum Gasteiger partial charge on any atom is -0.479 e. The van der Waals surface area contributed by atoms with Gasteiger partial charge in [-0.15, -0.1) is 0 Å². The number of aryl methyl sites for hydroxylation is 3. The number of likely N-dealkylation sites (N-methyl/N-ethyl adjacent to an activating group) is 1. The number of amides is 2. The zero-order chi connectivity index (χ0) is 22.2. The summed E-state index contributed by atoms with van der Waals surface area (Å²) in [5.74, 6) is -0.459. The molecule has 0 spiro atoms. The lowest BCUT2D eigenvalue weighted by atomic mass is 10.1. The Hall–Kier alpha value is -2.91. The summed E-state index contributed by atoms with van der Waals surface area (Å²) >= 11 is 0. The molecular formula is C21H25N3O5S. The molecule has 1 atom stereocenters. The van der Waals surface area contributed by atoms with Crippen molar-refractivity contribution in [2.24, 2.45) is 0 Å². The Kier molecular flexibility index (Phi) is 5.87. The Morgan fingerprint density at radius 1 is 1.17 bits per heavy atom. The molecular weight excluding hydrogens is 406 g/mol. The number of ether oxygens (including phenoxy) is 1. The fourth-order valence-corrected chi connectivity index (χ4v) is 4.48. The van der Waals surface area contributed by atoms with Gasteiger partial charge in [-0.05, 0) is 56.5 Å². The van der Waals surface area contributed by atoms with Crippen LogP contribution in [0.4, 0.5) is 11.4 Å². The standard InChI is InChI=1S/C21H25N3O5S/c1-12-6-7-13(2)16(8-12)22-20(25)11-24(5)30(27,28)19-10-18-17(9-14(19)3)23-21(26)15(4)29-18/h6-10,15H,11H2,1-5H3,(H,22,25)(H,23,26)/t15-/m1/s1. The molecule has 8 nitrogen and oxygen atoms in total. The minimum atomic E-state index is -3.96. The van der Waals surface area contributed by atoms with Gasteiger partial charge in [-0.3, -0.25) is 9.59 Å². The van der Waals surface area contributed by atoms with Gasteiger partial charge < -0.3 is 15.4 Å². The van der Waals surface area contributed by atoms with Crippen LogP contribution in [0.1, 0.15) is 23.6 Å². The number of anilines is 2. The molecule has 0 saturated heterocycles. The van der Waals surface area contributed by atoms with Crippen molar-refractivity contribution in [1.29, 1.82) is 0 Å². The van der Waals surface area contributed by atoms with Crippen LogP contribution in [0.5, 0.6) is 5.75 Å². The number of carbonyl (C=O) groups excluding carboxylic acids is 2. The first-order chi connectivity index (χ1) is 14.0. The van der Waals surface area contributed by atoms with Gasteiger partial charge in [0.2, 0.25) is 15.9 Å². The molecule has 0 aromatic heterocycles. The largest absolute Gasteiger partial charge is 0.479 e. The van der Waals surface area contributed by atoms with Crippen LogP contribution >= 0.6 is 0 Å². The summed E-state index contributed by atoms with van der Waals surface area (Å²) in [6, 6.07) is 8.60. The van der Waals surface area contributed by atoms with Gasteiger partial charge in [-0.25, -0.2) is 8.42 Å². The zero-order valence-electron chi connectivity index (χ0n) is 17.6. The van der Waals surface area contributed by atoms with E-state index in [4.69, 9.17) is 4.74 Å². The first kappa shape index (κ1) is 21.8. The summed E-state index contributed by atoms with van der Waals surface area (Å²) in [6.45, 7) is 6.64. The van der Waals surface area contributed by atoms with Crippen LogP contribution in [0.2, 0.25) is 0 Å². The van der Waals surface area contributed by atoms with Crippen molar-refractivity contribution in [2.45, 2.75) is 38.7 Å². The maximum atomic E-state index is 13.1. The van der Waals surface area contributed by atoms with Crippen LogP contribution in [-0.4, -0.2) is 44.2 Å². The summed E-state index contributed by atoms with van der Waals surface area (Å²) in [5.41, 5.74) is 3.38. The normalized spacial score (nSPS) is 15.9. The SMILES string of the molecule is Cc1ccc(C)c(NC(=O)CN(C)S(=O)(=O)c2cc3c(cc2C)NC(=O)[C@@H](C)O3)c1. The number of nitrogens with zero attached hydrogens (tertiary/aromatic N) is 1. The second kappa shape index (κ2) is 8.08. The molecule has 2 amide bonds. The smallest absolute Gasteiger partial charge is 0.265 e. The van der Waals surface area contributed by atoms with Gasteiger partial charge in [0.1, 0.15) is 5.75 Å². The predicted molar refractivity (Wildman–Crippen MR) is 114 cm³/mol. The third-order valence-electron chi connectivity index (χ3n) is 4.93. The maximum Gasteiger partial charge on any atom is 0.265 e. The molecule has 9 heteroatoms. The maximum absolute atomic E-state index is 13.1. The number of nitrogens with one attached hydrogen (secondary N) is 2. The summed E-state index contributed by atoms with van der Waals surface area (Å²) in [4.78, 5) is 24.3. The van der Waals surface area contributed by atoms with Crippen LogP contribution in [0.25, 0.3) is 0 Å². The number of hydrogen-bond donors (Lipinski definition) is 2. The van der Waals surface area contributed by atoms with Gasteiger partial charge in [0.15, 0.2) is 6.10 Å². The van der Waals surface area contributed by atoms with E-state index in [-0.39, 0.29) is 23.1 Å². The first-order valence-electron chi connectivity index (χ1n) is 9.44. The molecule has 1 aliphatic heterocycles. The molecule has 1 heterocycles. The van der Waals surface area contributed by atoms with E-state index >= 15 is 0 Å². The molecule has 30 heavy (non-hydrogen) atoms. The van der Waals surface area contributed by atoms with Crippen molar-refractivity contribution in [3.05, 3.63) is 47.0 Å². The molecule has 0 unspecified atom stereocenters. The van der Waals surface area contributed by atoms with E-state index in [1.807, 2.05) is 32.0 Å². The van der Waals surface area contributed by atoms with Crippen LogP contribution in [-0.2, 0) is 19.6 Å². The van der Waals surface area contributed by atoms with Crippen LogP contribution in [0.15, 0.2) is 35.2 Å². The molecule has 0 radical (unpaired) electrons. The zero-order valence-corrected chi connectivity index (χ0v) is 18.4. The van der Waals surface area contributed by atoms with Gasteiger partial charge in [-0.1, -0.05) is 12.1 Å². The summed E-state index contributed by atoms with van der Waals surface area (Å²) in [6.07, 6.45) is -0.725. The van der Waals surface area contributed by atoms with E-state index in [1.54, 1.807) is 19.9 Å². The van der Waals surface area contributed by atoms with E-state index in [0.717, 1.165) is 15.4 Å². The second-order valence-electron chi connectivity index (χ2n) is 7.49. The Balaban J connectivity index is 1.81. The molecule has 0 bridgehead atoms. The number of carbonyl (C=O) groups is 2. The average Bonchev–Trinajstić information content (AvgIpc) is 2.65. The van der Waals surface area contributed by atoms with Gasteiger partial charge in [-0.2, -0.15) is 4.31 Å². The Bertz CT molecular complexity index is 1130. The molecule has 2 N–H and O–H groups in total. The average molecular weight is 432 g/mol. The second-order valence-corrected chi connectivity index (χ2v) is 9.50. The topological polar surface area (TPSA) is 105 Å². The molecule has 2 aromatic carbocycles. The molecule has 160 valence electrons. The molecule has 1 aliphatic rings. The van der Waals surface area contributed by atoms with E-state index in [9.17, 15) is 18.0 Å². The van der Waals surface area contributed by atoms with Gasteiger partial charge >= 0.3 is 0 Å². The summed E-state index contributed by atoms with van der Waals surface area (Å²) in [7, 11) is -2.61. The number of rotatable bonds is 5. The molecule has 3 rings (SSSR count). The van der Waals surface area contributed by atoms with Crippen molar-refractivity contribution >= 4 is 33.2 Å². The first-order valence-corrected chi connectivity index (χ1v) is 10.9.